The number of hydrogen-bond donors (Lipinski definition) is 2. The SMILES string of the molecule is CCCn1c(=O)n(C)c(=O)c2[nH]c(-c3cc(S(=O)(=O)NCCCN4CCOCC4)ccc3OCC)cc21. The van der Waals surface area contributed by atoms with E-state index in [1.54, 1.807) is 16.7 Å². The Morgan fingerprint density at radius 2 is 1.86 bits per heavy atom. The minimum Gasteiger partial charge on any atom is -0.493 e. The first-order chi connectivity index (χ1) is 17.8. The number of aryl methyl sites for hydroxylation is 1. The molecule has 0 radical (unpaired) electrons. The molecule has 0 atom stereocenters. The van der Waals surface area contributed by atoms with Crippen LogP contribution in [0.3, 0.4) is 0 Å². The van der Waals surface area contributed by atoms with Crippen LogP contribution in [-0.2, 0) is 28.4 Å². The van der Waals surface area contributed by atoms with Crippen LogP contribution < -0.4 is 20.7 Å². The summed E-state index contributed by atoms with van der Waals surface area (Å²) in [7, 11) is -2.33. The zero-order valence-electron chi connectivity index (χ0n) is 21.6. The lowest BCUT2D eigenvalue weighted by Gasteiger charge is -2.26. The number of hydrogen-bond acceptors (Lipinski definition) is 7. The number of aromatic nitrogens is 3. The third kappa shape index (κ3) is 5.82. The van der Waals surface area contributed by atoms with Gasteiger partial charge in [0, 0.05) is 38.8 Å². The van der Waals surface area contributed by atoms with Gasteiger partial charge in [-0.05, 0) is 50.6 Å². The Kier molecular flexibility index (Phi) is 8.53. The van der Waals surface area contributed by atoms with Crippen LogP contribution in [0.1, 0.15) is 26.7 Å². The number of fused-ring (bicyclic) bond motifs is 1. The van der Waals surface area contributed by atoms with Crippen molar-refractivity contribution < 1.29 is 17.9 Å². The van der Waals surface area contributed by atoms with Crippen LogP contribution in [0, 0.1) is 0 Å². The molecular weight excluding hydrogens is 498 g/mol. The van der Waals surface area contributed by atoms with E-state index >= 15 is 0 Å². The summed E-state index contributed by atoms with van der Waals surface area (Å²) in [4.78, 5) is 31.0. The van der Waals surface area contributed by atoms with Gasteiger partial charge in [-0.25, -0.2) is 17.9 Å². The zero-order chi connectivity index (χ0) is 26.6. The Bertz CT molecular complexity index is 1470. The van der Waals surface area contributed by atoms with E-state index in [1.165, 1.54) is 19.2 Å². The van der Waals surface area contributed by atoms with E-state index in [1.807, 2.05) is 13.8 Å². The van der Waals surface area contributed by atoms with E-state index in [0.29, 0.717) is 68.3 Å². The predicted octanol–water partition coefficient (Wildman–Crippen LogP) is 1.50. The van der Waals surface area contributed by atoms with Crippen molar-refractivity contribution in [1.82, 2.24) is 23.7 Å². The van der Waals surface area contributed by atoms with E-state index in [4.69, 9.17) is 9.47 Å². The average Bonchev–Trinajstić information content (AvgIpc) is 3.34. The minimum absolute atomic E-state index is 0.0924. The predicted molar refractivity (Wildman–Crippen MR) is 142 cm³/mol. The maximum absolute atomic E-state index is 13.1. The second-order valence-electron chi connectivity index (χ2n) is 9.04. The van der Waals surface area contributed by atoms with Gasteiger partial charge in [-0.15, -0.1) is 0 Å². The number of benzene rings is 1. The van der Waals surface area contributed by atoms with Gasteiger partial charge in [-0.3, -0.25) is 18.8 Å². The number of H-pyrrole nitrogens is 1. The molecule has 11 nitrogen and oxygen atoms in total. The standard InChI is InChI=1S/C25H35N5O6S/c1-4-10-30-21-17-20(27-23(21)24(31)28(3)25(30)32)19-16-18(7-8-22(19)36-5-2)37(33,34)26-9-6-11-29-12-14-35-15-13-29/h7-8,16-17,26-27H,4-6,9-15H2,1-3H3. The Morgan fingerprint density at radius 1 is 1.11 bits per heavy atom. The van der Waals surface area contributed by atoms with Crippen molar-refractivity contribution in [2.45, 2.75) is 38.1 Å². The fourth-order valence-corrected chi connectivity index (χ4v) is 5.63. The minimum atomic E-state index is -3.78. The highest BCUT2D eigenvalue weighted by Crippen LogP contribution is 2.33. The average molecular weight is 534 g/mol. The van der Waals surface area contributed by atoms with E-state index in [2.05, 4.69) is 14.6 Å². The van der Waals surface area contributed by atoms with Crippen LogP contribution in [0.25, 0.3) is 22.3 Å². The maximum Gasteiger partial charge on any atom is 0.331 e. The van der Waals surface area contributed by atoms with Gasteiger partial charge in [0.2, 0.25) is 10.0 Å². The Labute approximate surface area is 216 Å². The molecule has 3 heterocycles. The normalized spacial score (nSPS) is 14.9. The molecule has 0 saturated carbocycles. The fraction of sp³-hybridized carbons (Fsp3) is 0.520. The first-order valence-electron chi connectivity index (χ1n) is 12.7. The molecule has 0 spiro atoms. The number of nitrogens with one attached hydrogen (secondary N) is 2. The van der Waals surface area contributed by atoms with Crippen LogP contribution in [0.5, 0.6) is 5.75 Å². The molecule has 0 aliphatic carbocycles. The number of nitrogens with zero attached hydrogens (tertiary/aromatic N) is 3. The summed E-state index contributed by atoms with van der Waals surface area (Å²) in [5.41, 5.74) is 0.904. The van der Waals surface area contributed by atoms with Gasteiger partial charge in [-0.1, -0.05) is 6.92 Å². The van der Waals surface area contributed by atoms with Gasteiger partial charge >= 0.3 is 5.69 Å². The molecular formula is C25H35N5O6S. The summed E-state index contributed by atoms with van der Waals surface area (Å²) in [6.07, 6.45) is 1.40. The van der Waals surface area contributed by atoms with Crippen LogP contribution in [0.2, 0.25) is 0 Å². The number of ether oxygens (including phenoxy) is 2. The molecule has 4 rings (SSSR count). The summed E-state index contributed by atoms with van der Waals surface area (Å²) in [5, 5.41) is 0. The molecule has 1 aliphatic rings. The number of rotatable bonds is 11. The van der Waals surface area contributed by atoms with Crippen LogP contribution in [-0.4, -0.2) is 73.4 Å². The molecule has 1 aromatic carbocycles. The quantitative estimate of drug-likeness (QED) is 0.358. The van der Waals surface area contributed by atoms with Gasteiger partial charge in [0.1, 0.15) is 11.3 Å². The van der Waals surface area contributed by atoms with Gasteiger partial charge in [0.25, 0.3) is 5.56 Å². The van der Waals surface area contributed by atoms with Crippen LogP contribution in [0.15, 0.2) is 38.8 Å². The lowest BCUT2D eigenvalue weighted by Crippen LogP contribution is -2.38. The fourth-order valence-electron chi connectivity index (χ4n) is 4.53. The van der Waals surface area contributed by atoms with Crippen molar-refractivity contribution in [3.8, 4) is 17.0 Å². The number of aromatic amines is 1. The molecule has 37 heavy (non-hydrogen) atoms. The number of sulfonamides is 1. The molecule has 0 unspecified atom stereocenters. The lowest BCUT2D eigenvalue weighted by atomic mass is 10.1. The maximum atomic E-state index is 13.1. The van der Waals surface area contributed by atoms with Crippen molar-refractivity contribution in [2.75, 3.05) is 46.0 Å². The Hall–Kier alpha value is -2.93. The molecule has 1 saturated heterocycles. The Morgan fingerprint density at radius 3 is 2.57 bits per heavy atom. The van der Waals surface area contributed by atoms with Crippen molar-refractivity contribution in [2.24, 2.45) is 7.05 Å². The summed E-state index contributed by atoms with van der Waals surface area (Å²) in [6.45, 7) is 8.84. The molecule has 0 bridgehead atoms. The van der Waals surface area contributed by atoms with E-state index in [9.17, 15) is 18.0 Å². The summed E-state index contributed by atoms with van der Waals surface area (Å²) >= 11 is 0. The highest BCUT2D eigenvalue weighted by Gasteiger charge is 2.21. The second-order valence-corrected chi connectivity index (χ2v) is 10.8. The van der Waals surface area contributed by atoms with E-state index in [0.717, 1.165) is 24.2 Å². The van der Waals surface area contributed by atoms with Crippen molar-refractivity contribution >= 4 is 21.1 Å². The first-order valence-corrected chi connectivity index (χ1v) is 14.1. The largest absolute Gasteiger partial charge is 0.493 e. The smallest absolute Gasteiger partial charge is 0.331 e. The molecule has 202 valence electrons. The van der Waals surface area contributed by atoms with E-state index < -0.39 is 21.3 Å². The lowest BCUT2D eigenvalue weighted by molar-refractivity contribution is 0.0376. The molecule has 2 aromatic heterocycles. The van der Waals surface area contributed by atoms with Crippen molar-refractivity contribution in [3.63, 3.8) is 0 Å². The van der Waals surface area contributed by atoms with Gasteiger partial charge in [0.05, 0.1) is 35.9 Å². The first kappa shape index (κ1) is 27.1. The molecule has 1 fully saturated rings. The van der Waals surface area contributed by atoms with Gasteiger partial charge < -0.3 is 14.5 Å². The van der Waals surface area contributed by atoms with Gasteiger partial charge in [0.15, 0.2) is 0 Å². The van der Waals surface area contributed by atoms with Crippen molar-refractivity contribution in [3.05, 3.63) is 45.1 Å². The molecule has 1 aliphatic heterocycles. The van der Waals surface area contributed by atoms with Crippen LogP contribution in [0.4, 0.5) is 0 Å². The molecule has 3 aromatic rings. The van der Waals surface area contributed by atoms with Gasteiger partial charge in [-0.2, -0.15) is 0 Å². The third-order valence-electron chi connectivity index (χ3n) is 6.47. The molecule has 2 N–H and O–H groups in total. The summed E-state index contributed by atoms with van der Waals surface area (Å²) < 4.78 is 42.6. The van der Waals surface area contributed by atoms with Crippen LogP contribution >= 0.6 is 0 Å². The third-order valence-corrected chi connectivity index (χ3v) is 7.93. The summed E-state index contributed by atoms with van der Waals surface area (Å²) in [6, 6.07) is 6.36. The Balaban J connectivity index is 1.65. The highest BCUT2D eigenvalue weighted by atomic mass is 32.2. The monoisotopic (exact) mass is 533 g/mol. The topological polar surface area (TPSA) is 128 Å². The molecule has 12 heteroatoms. The van der Waals surface area contributed by atoms with Crippen molar-refractivity contribution in [1.29, 1.82) is 0 Å². The second kappa shape index (κ2) is 11.6. The number of morpholine rings is 1. The highest BCUT2D eigenvalue weighted by molar-refractivity contribution is 7.89. The van der Waals surface area contributed by atoms with E-state index in [-0.39, 0.29) is 10.4 Å². The summed E-state index contributed by atoms with van der Waals surface area (Å²) in [5.74, 6) is 0.474. The molecule has 0 amide bonds. The zero-order valence-corrected chi connectivity index (χ0v) is 22.4.